The summed E-state index contributed by atoms with van der Waals surface area (Å²) >= 11 is 12.3. The third-order valence-corrected chi connectivity index (χ3v) is 6.50. The van der Waals surface area contributed by atoms with Crippen molar-refractivity contribution in [2.45, 2.75) is 19.6 Å². The first-order valence-electron chi connectivity index (χ1n) is 8.50. The minimum atomic E-state index is -3.94. The van der Waals surface area contributed by atoms with Crippen LogP contribution in [-0.2, 0) is 25.3 Å². The zero-order valence-electron chi connectivity index (χ0n) is 15.0. The summed E-state index contributed by atoms with van der Waals surface area (Å²) in [6, 6.07) is 18.7. The minimum Gasteiger partial charge on any atom is -0.396 e. The van der Waals surface area contributed by atoms with Crippen molar-refractivity contribution in [3.63, 3.8) is 0 Å². The Kier molecular flexibility index (Phi) is 6.76. The number of hydrogen-bond acceptors (Lipinski definition) is 5. The summed E-state index contributed by atoms with van der Waals surface area (Å²) in [4.78, 5) is 17.6. The van der Waals surface area contributed by atoms with E-state index in [2.05, 4.69) is 5.48 Å². The van der Waals surface area contributed by atoms with E-state index in [1.807, 2.05) is 30.3 Å². The lowest BCUT2D eigenvalue weighted by Crippen LogP contribution is -2.35. The molecule has 5 nitrogen and oxygen atoms in total. The summed E-state index contributed by atoms with van der Waals surface area (Å²) in [6.07, 6.45) is 0. The predicted octanol–water partition coefficient (Wildman–Crippen LogP) is 5.20. The van der Waals surface area contributed by atoms with Crippen LogP contribution in [0, 0.1) is 0 Å². The molecule has 146 valence electrons. The van der Waals surface area contributed by atoms with Gasteiger partial charge in [-0.2, -0.15) is 5.48 Å². The zero-order valence-corrected chi connectivity index (χ0v) is 17.4. The summed E-state index contributed by atoms with van der Waals surface area (Å²) in [5.41, 5.74) is 3.51. The van der Waals surface area contributed by atoms with Gasteiger partial charge in [-0.05, 0) is 41.2 Å². The van der Waals surface area contributed by atoms with Crippen LogP contribution in [0.1, 0.15) is 12.5 Å². The highest BCUT2D eigenvalue weighted by molar-refractivity contribution is 7.92. The number of benzene rings is 3. The smallest absolute Gasteiger partial charge is 0.369 e. The molecule has 3 aromatic rings. The Morgan fingerprint density at radius 2 is 1.68 bits per heavy atom. The SMILES string of the molecule is C[C@H](NOCc1ccccc1)C(=O)OP(=O)(Cl)c1ccc(Cl)c2ccccc12. The number of hydrogen-bond donors (Lipinski definition) is 1. The second kappa shape index (κ2) is 9.08. The van der Waals surface area contributed by atoms with Crippen molar-refractivity contribution >= 4 is 51.6 Å². The molecule has 0 aromatic heterocycles. The van der Waals surface area contributed by atoms with Gasteiger partial charge in [0.1, 0.15) is 6.04 Å². The van der Waals surface area contributed by atoms with Crippen molar-refractivity contribution in [2.24, 2.45) is 0 Å². The Bertz CT molecular complexity index is 1030. The van der Waals surface area contributed by atoms with Gasteiger partial charge in [0.2, 0.25) is 0 Å². The van der Waals surface area contributed by atoms with E-state index >= 15 is 0 Å². The normalized spacial score (nSPS) is 14.4. The van der Waals surface area contributed by atoms with Crippen molar-refractivity contribution in [2.75, 3.05) is 0 Å². The van der Waals surface area contributed by atoms with Gasteiger partial charge in [0, 0.05) is 10.4 Å². The Hall–Kier alpha value is -1.88. The molecule has 1 N–H and O–H groups in total. The first-order valence-corrected chi connectivity index (χ1v) is 11.4. The second-order valence-corrected chi connectivity index (χ2v) is 9.48. The molecule has 3 rings (SSSR count). The van der Waals surface area contributed by atoms with Crippen LogP contribution in [0.5, 0.6) is 0 Å². The molecule has 0 heterocycles. The average Bonchev–Trinajstić information content (AvgIpc) is 2.68. The van der Waals surface area contributed by atoms with Crippen molar-refractivity contribution in [1.29, 1.82) is 0 Å². The van der Waals surface area contributed by atoms with E-state index in [9.17, 15) is 9.36 Å². The first-order chi connectivity index (χ1) is 13.4. The van der Waals surface area contributed by atoms with Crippen LogP contribution in [-0.4, -0.2) is 12.0 Å². The molecule has 8 heteroatoms. The third-order valence-electron chi connectivity index (χ3n) is 4.04. The summed E-state index contributed by atoms with van der Waals surface area (Å²) in [5.74, 6) is -0.787. The average molecular weight is 438 g/mol. The van der Waals surface area contributed by atoms with Gasteiger partial charge in [-0.25, -0.2) is 4.79 Å². The van der Waals surface area contributed by atoms with Crippen molar-refractivity contribution in [1.82, 2.24) is 5.48 Å². The molecule has 1 unspecified atom stereocenters. The number of hydroxylamine groups is 1. The fraction of sp³-hybridized carbons (Fsp3) is 0.150. The van der Waals surface area contributed by atoms with E-state index in [4.69, 9.17) is 32.2 Å². The molecule has 0 aliphatic rings. The third kappa shape index (κ3) is 4.93. The molecule has 28 heavy (non-hydrogen) atoms. The van der Waals surface area contributed by atoms with Crippen molar-refractivity contribution in [3.8, 4) is 0 Å². The molecule has 0 amide bonds. The Morgan fingerprint density at radius 1 is 1.04 bits per heavy atom. The number of fused-ring (bicyclic) bond motifs is 1. The van der Waals surface area contributed by atoms with Crippen LogP contribution in [0.15, 0.2) is 66.7 Å². The maximum atomic E-state index is 13.0. The predicted molar refractivity (Wildman–Crippen MR) is 112 cm³/mol. The molecular formula is C20H18Cl2NO4P. The van der Waals surface area contributed by atoms with Gasteiger partial charge >= 0.3 is 12.7 Å². The Labute approximate surface area is 172 Å². The molecule has 0 spiro atoms. The molecule has 0 aliphatic carbocycles. The molecular weight excluding hydrogens is 420 g/mol. The Morgan fingerprint density at radius 3 is 2.39 bits per heavy atom. The van der Waals surface area contributed by atoms with E-state index < -0.39 is 18.7 Å². The highest BCUT2D eigenvalue weighted by Crippen LogP contribution is 2.53. The van der Waals surface area contributed by atoms with E-state index in [-0.39, 0.29) is 11.9 Å². The first kappa shape index (κ1) is 20.8. The highest BCUT2D eigenvalue weighted by Gasteiger charge is 2.31. The molecule has 0 saturated heterocycles. The fourth-order valence-corrected chi connectivity index (χ4v) is 4.69. The lowest BCUT2D eigenvalue weighted by molar-refractivity contribution is -0.140. The quantitative estimate of drug-likeness (QED) is 0.406. The summed E-state index contributed by atoms with van der Waals surface area (Å²) in [5, 5.41) is 1.96. The van der Waals surface area contributed by atoms with Crippen LogP contribution in [0.3, 0.4) is 0 Å². The van der Waals surface area contributed by atoms with Crippen LogP contribution >= 0.6 is 29.6 Å². The second-order valence-electron chi connectivity index (χ2n) is 6.12. The largest absolute Gasteiger partial charge is 0.396 e. The van der Waals surface area contributed by atoms with E-state index in [0.717, 1.165) is 5.56 Å². The molecule has 3 aromatic carbocycles. The molecule has 0 saturated carbocycles. The number of nitrogens with one attached hydrogen (secondary N) is 1. The maximum Gasteiger partial charge on any atom is 0.369 e. The molecule has 0 bridgehead atoms. The van der Waals surface area contributed by atoms with E-state index in [0.29, 0.717) is 15.8 Å². The number of carbonyl (C=O) groups is 1. The van der Waals surface area contributed by atoms with Gasteiger partial charge in [0.05, 0.1) is 11.9 Å². The standard InChI is InChI=1S/C20H18Cl2NO4P/c1-14(23-26-13-15-7-3-2-4-8-15)20(24)27-28(22,25)19-12-11-18(21)16-9-5-6-10-17(16)19/h2-12,14,23H,13H2,1H3/t14-,28?/m0/s1. The summed E-state index contributed by atoms with van der Waals surface area (Å²) < 4.78 is 18.1. The molecule has 2 atom stereocenters. The fourth-order valence-electron chi connectivity index (χ4n) is 2.60. The topological polar surface area (TPSA) is 64.6 Å². The number of carbonyl (C=O) groups excluding carboxylic acids is 1. The molecule has 0 radical (unpaired) electrons. The maximum absolute atomic E-state index is 13.0. The highest BCUT2D eigenvalue weighted by atomic mass is 35.7. The van der Waals surface area contributed by atoms with Crippen LogP contribution in [0.25, 0.3) is 10.8 Å². The Balaban J connectivity index is 1.67. The van der Waals surface area contributed by atoms with Crippen molar-refractivity contribution < 1.29 is 18.7 Å². The van der Waals surface area contributed by atoms with Gasteiger partial charge in [0.15, 0.2) is 0 Å². The van der Waals surface area contributed by atoms with Gasteiger partial charge in [-0.1, -0.05) is 66.2 Å². The van der Waals surface area contributed by atoms with Crippen LogP contribution in [0.2, 0.25) is 5.02 Å². The molecule has 0 fully saturated rings. The zero-order chi connectivity index (χ0) is 20.1. The minimum absolute atomic E-state index is 0.222. The summed E-state index contributed by atoms with van der Waals surface area (Å²) in [7, 11) is 0. The number of halogens is 2. The lowest BCUT2D eigenvalue weighted by atomic mass is 10.1. The monoisotopic (exact) mass is 437 g/mol. The lowest BCUT2D eigenvalue weighted by Gasteiger charge is -2.18. The van der Waals surface area contributed by atoms with Crippen LogP contribution in [0.4, 0.5) is 0 Å². The van der Waals surface area contributed by atoms with Gasteiger partial charge in [-0.3, -0.25) is 9.40 Å². The van der Waals surface area contributed by atoms with E-state index in [1.54, 1.807) is 30.3 Å². The van der Waals surface area contributed by atoms with E-state index in [1.165, 1.54) is 13.0 Å². The van der Waals surface area contributed by atoms with Gasteiger partial charge < -0.3 is 4.52 Å². The summed E-state index contributed by atoms with van der Waals surface area (Å²) in [6.45, 7) is -2.15. The number of rotatable bonds is 7. The van der Waals surface area contributed by atoms with Gasteiger partial charge in [0.25, 0.3) is 0 Å². The molecule has 0 aliphatic heterocycles. The van der Waals surface area contributed by atoms with Gasteiger partial charge in [-0.15, -0.1) is 0 Å². The van der Waals surface area contributed by atoms with Crippen LogP contribution < -0.4 is 10.8 Å². The van der Waals surface area contributed by atoms with Crippen molar-refractivity contribution in [3.05, 3.63) is 77.3 Å².